The van der Waals surface area contributed by atoms with Crippen molar-refractivity contribution in [3.05, 3.63) is 60.7 Å². The Morgan fingerprint density at radius 3 is 1.65 bits per heavy atom. The second-order valence-electron chi connectivity index (χ2n) is 20.1. The first kappa shape index (κ1) is 39.3. The molecule has 2 spiro atoms. The molecule has 4 bridgehead atoms. The van der Waals surface area contributed by atoms with Gasteiger partial charge in [0.25, 0.3) is 0 Å². The highest BCUT2D eigenvalue weighted by molar-refractivity contribution is 7.56. The van der Waals surface area contributed by atoms with Gasteiger partial charge in [0.05, 0.1) is 24.4 Å². The minimum atomic E-state index is -4.08. The second kappa shape index (κ2) is 14.4. The van der Waals surface area contributed by atoms with Crippen LogP contribution >= 0.6 is 8.17 Å². The maximum atomic E-state index is 12.7. The number of para-hydroxylation sites is 2. The zero-order chi connectivity index (χ0) is 39.4. The zero-order valence-corrected chi connectivity index (χ0v) is 35.5. The maximum Gasteiger partial charge on any atom is 0.666 e. The molecule has 4 aliphatic carbocycles. The van der Waals surface area contributed by atoms with Gasteiger partial charge in [-0.05, 0) is 137 Å². The fourth-order valence-electron chi connectivity index (χ4n) is 13.7. The molecular weight excluding hydrogens is 743 g/mol. The predicted octanol–water partition coefficient (Wildman–Crippen LogP) is 10.0. The normalized spacial score (nSPS) is 47.8. The smallest absolute Gasteiger partial charge is 0.371 e. The number of hydrogen-bond acceptors (Lipinski definition) is 10. The van der Waals surface area contributed by atoms with Gasteiger partial charge in [-0.2, -0.15) is 4.89 Å². The van der Waals surface area contributed by atoms with Gasteiger partial charge in [0, 0.05) is 19.3 Å². The Labute approximate surface area is 339 Å². The topological polar surface area (TPSA) is 103 Å². The molecule has 10 fully saturated rings. The Morgan fingerprint density at radius 1 is 0.632 bits per heavy atom. The summed E-state index contributed by atoms with van der Waals surface area (Å²) in [6.45, 7) is 13.8. The molecule has 2 aromatic rings. The molecule has 57 heavy (non-hydrogen) atoms. The van der Waals surface area contributed by atoms with Gasteiger partial charge < -0.3 is 9.47 Å². The quantitative estimate of drug-likeness (QED) is 0.195. The predicted molar refractivity (Wildman–Crippen MR) is 213 cm³/mol. The average molecular weight is 808 g/mol. The molecule has 11 heteroatoms. The highest BCUT2D eigenvalue weighted by Gasteiger charge is 2.71. The van der Waals surface area contributed by atoms with Crippen molar-refractivity contribution in [1.82, 2.24) is 0 Å². The Morgan fingerprint density at radius 2 is 1.12 bits per heavy atom. The van der Waals surface area contributed by atoms with Crippen molar-refractivity contribution in [1.29, 1.82) is 0 Å². The van der Waals surface area contributed by atoms with Gasteiger partial charge in [-0.3, -0.25) is 9.05 Å². The van der Waals surface area contributed by atoms with Crippen molar-refractivity contribution >= 4 is 8.17 Å². The van der Waals surface area contributed by atoms with Crippen molar-refractivity contribution in [3.8, 4) is 11.5 Å². The highest BCUT2D eigenvalue weighted by Crippen LogP contribution is 2.66. The lowest BCUT2D eigenvalue weighted by Crippen LogP contribution is -2.71. The zero-order valence-electron chi connectivity index (χ0n) is 34.6. The van der Waals surface area contributed by atoms with Gasteiger partial charge in [-0.15, -0.1) is 4.52 Å². The van der Waals surface area contributed by atoms with Crippen LogP contribution in [0.25, 0.3) is 0 Å². The van der Waals surface area contributed by atoms with Gasteiger partial charge in [-0.25, -0.2) is 19.6 Å². The summed E-state index contributed by atoms with van der Waals surface area (Å²) in [5.41, 5.74) is -1.82. The van der Waals surface area contributed by atoms with Gasteiger partial charge in [0.1, 0.15) is 28.5 Å². The number of fused-ring (bicyclic) bond motifs is 4. The highest BCUT2D eigenvalue weighted by atomic mass is 31.2. The van der Waals surface area contributed by atoms with E-state index in [2.05, 4.69) is 41.5 Å². The summed E-state index contributed by atoms with van der Waals surface area (Å²) in [4.78, 5) is 38.8. The molecule has 6 aliphatic heterocycles. The van der Waals surface area contributed by atoms with Crippen LogP contribution in [0.1, 0.15) is 112 Å². The van der Waals surface area contributed by atoms with Gasteiger partial charge in [0.2, 0.25) is 0 Å². The molecule has 10 nitrogen and oxygen atoms in total. The summed E-state index contributed by atoms with van der Waals surface area (Å²) in [7, 11) is -4.08. The van der Waals surface area contributed by atoms with Crippen molar-refractivity contribution in [3.63, 3.8) is 0 Å². The van der Waals surface area contributed by atoms with Crippen LogP contribution in [0.3, 0.4) is 0 Å². The molecule has 6 heterocycles. The molecule has 17 atom stereocenters. The van der Waals surface area contributed by atoms with Crippen LogP contribution in [0.2, 0.25) is 0 Å². The first-order valence-electron chi connectivity index (χ1n) is 22.2. The van der Waals surface area contributed by atoms with Crippen LogP contribution in [0, 0.1) is 47.3 Å². The Bertz CT molecular complexity index is 1710. The van der Waals surface area contributed by atoms with E-state index < -0.39 is 42.8 Å². The fraction of sp³-hybridized carbons (Fsp3) is 0.739. The van der Waals surface area contributed by atoms with Gasteiger partial charge >= 0.3 is 8.17 Å². The SMILES string of the molecule is C[C@H]1[C@@H](C[C@H](O[P+](O)(Oc2ccccc2)Oc2ccccc2)C2O[C@@H]3C[C@]4(C)CC[C@H]5[C@H](C)CC[C@@H]([C@H]2C)[C@@]35OO4)O[C@@H]2C[C@]3(C)CC[C@H]4[C@H](C)CC[C@@H]1[C@@]24OO3. The Kier molecular flexibility index (Phi) is 9.91. The molecule has 312 valence electrons. The minimum Gasteiger partial charge on any atom is -0.371 e. The second-order valence-corrected chi connectivity index (χ2v) is 21.6. The van der Waals surface area contributed by atoms with Gasteiger partial charge in [0.15, 0.2) is 11.5 Å². The first-order chi connectivity index (χ1) is 27.3. The summed E-state index contributed by atoms with van der Waals surface area (Å²) < 4.78 is 34.9. The fourth-order valence-corrected chi connectivity index (χ4v) is 15.1. The van der Waals surface area contributed by atoms with Crippen molar-refractivity contribution in [2.45, 2.75) is 165 Å². The third-order valence-electron chi connectivity index (χ3n) is 16.6. The number of hydrogen-bond donors (Lipinski definition) is 1. The Hall–Kier alpha value is -1.85. The number of rotatable bonds is 9. The molecule has 0 aromatic heterocycles. The lowest BCUT2D eigenvalue weighted by molar-refractivity contribution is -0.490. The third kappa shape index (κ3) is 6.45. The Balaban J connectivity index is 1.03. The van der Waals surface area contributed by atoms with Crippen LogP contribution in [-0.4, -0.2) is 57.8 Å². The minimum absolute atomic E-state index is 0.0175. The van der Waals surface area contributed by atoms with E-state index in [1.165, 1.54) is 0 Å². The van der Waals surface area contributed by atoms with E-state index >= 15 is 0 Å². The van der Waals surface area contributed by atoms with Crippen LogP contribution in [0.5, 0.6) is 11.5 Å². The van der Waals surface area contributed by atoms with Crippen LogP contribution in [0.4, 0.5) is 0 Å². The molecule has 10 aliphatic rings. The average Bonchev–Trinajstić information content (AvgIpc) is 3.57. The summed E-state index contributed by atoms with van der Waals surface area (Å²) in [5, 5.41) is 0. The molecular formula is C46H64O10P+. The van der Waals surface area contributed by atoms with E-state index in [0.717, 1.165) is 64.2 Å². The molecule has 1 N–H and O–H groups in total. The molecule has 4 saturated carbocycles. The largest absolute Gasteiger partial charge is 0.666 e. The standard InChI is InChI=1S/C46H64O10P/c1-28-17-19-36-30(3)38(48-40-26-43(5)23-21-34(28)45(36,40)55-53-43)25-39(52-57(47,50-32-13-9-7-10-14-32)51-33-15-11-8-12-16-33)42-31(4)37-20-18-29(2)35-22-24-44(6)27-41(49-42)46(35,37)56-54-44/h7-16,28-31,34-42,47H,17-27H2,1-6H3/q+1/t28-,29-,30-,31-,34+,35+,36+,37+,38-,39+,40-,41-,42?,43+,44+,45-,46-/m1/s1. The van der Waals surface area contributed by atoms with E-state index in [-0.39, 0.29) is 42.0 Å². The summed E-state index contributed by atoms with van der Waals surface area (Å²) in [5.74, 6) is 3.30. The third-order valence-corrected chi connectivity index (χ3v) is 18.0. The van der Waals surface area contributed by atoms with E-state index in [9.17, 15) is 4.89 Å². The summed E-state index contributed by atoms with van der Waals surface area (Å²) in [6.07, 6.45) is 8.97. The molecule has 0 radical (unpaired) electrons. The summed E-state index contributed by atoms with van der Waals surface area (Å²) >= 11 is 0. The van der Waals surface area contributed by atoms with Crippen molar-refractivity contribution < 1.29 is 47.5 Å². The van der Waals surface area contributed by atoms with Crippen LogP contribution in [-0.2, 0) is 33.5 Å². The van der Waals surface area contributed by atoms with Gasteiger partial charge in [-0.1, -0.05) is 64.1 Å². The first-order valence-corrected chi connectivity index (χ1v) is 23.7. The maximum absolute atomic E-state index is 12.7. The van der Waals surface area contributed by atoms with Crippen LogP contribution < -0.4 is 9.05 Å². The van der Waals surface area contributed by atoms with Crippen LogP contribution in [0.15, 0.2) is 60.7 Å². The monoisotopic (exact) mass is 807 g/mol. The lowest BCUT2D eigenvalue weighted by Gasteiger charge is -2.62. The molecule has 1 unspecified atom stereocenters. The molecule has 12 rings (SSSR count). The van der Waals surface area contributed by atoms with E-state index in [1.54, 1.807) is 0 Å². The number of benzene rings is 2. The van der Waals surface area contributed by atoms with E-state index in [1.807, 2.05) is 60.7 Å². The van der Waals surface area contributed by atoms with E-state index in [4.69, 9.17) is 42.6 Å². The van der Waals surface area contributed by atoms with Crippen molar-refractivity contribution in [2.24, 2.45) is 47.3 Å². The molecule has 6 saturated heterocycles. The molecule has 0 amide bonds. The molecule has 2 aromatic carbocycles. The van der Waals surface area contributed by atoms with Crippen molar-refractivity contribution in [2.75, 3.05) is 0 Å². The lowest BCUT2D eigenvalue weighted by atomic mass is 9.55. The summed E-state index contributed by atoms with van der Waals surface area (Å²) in [6, 6.07) is 18.7. The number of ether oxygens (including phenoxy) is 2. The van der Waals surface area contributed by atoms with E-state index in [0.29, 0.717) is 41.6 Å².